The Balaban J connectivity index is 1.32. The van der Waals surface area contributed by atoms with Gasteiger partial charge >= 0.3 is 6.01 Å². The molecule has 2 aromatic heterocycles. The lowest BCUT2D eigenvalue weighted by atomic mass is 9.95. The van der Waals surface area contributed by atoms with Gasteiger partial charge in [0.2, 0.25) is 12.3 Å². The molecule has 15 heteroatoms. The van der Waals surface area contributed by atoms with Crippen molar-refractivity contribution in [1.82, 2.24) is 25.2 Å². The molecule has 8 rings (SSSR count). The number of benzene rings is 1. The van der Waals surface area contributed by atoms with Crippen molar-refractivity contribution in [3.05, 3.63) is 29.1 Å². The summed E-state index contributed by atoms with van der Waals surface area (Å²) < 4.78 is 100. The first-order valence-corrected chi connectivity index (χ1v) is 15.7. The first-order chi connectivity index (χ1) is 22.0. The maximum atomic E-state index is 16.8. The Kier molecular flexibility index (Phi) is 6.94. The van der Waals surface area contributed by atoms with Crippen molar-refractivity contribution in [3.8, 4) is 23.1 Å². The zero-order valence-corrected chi connectivity index (χ0v) is 25.0. The summed E-state index contributed by atoms with van der Waals surface area (Å²) in [6, 6.07) is 0.716. The Labute approximate surface area is 260 Å². The number of piperazine rings is 1. The molecule has 0 spiro atoms. The number of ether oxygens (including phenoxy) is 2. The van der Waals surface area contributed by atoms with E-state index in [0.29, 0.717) is 25.3 Å². The Bertz CT molecular complexity index is 1730. The van der Waals surface area contributed by atoms with Crippen molar-refractivity contribution in [3.63, 3.8) is 0 Å². The highest BCUT2D eigenvalue weighted by atomic mass is 19.3. The van der Waals surface area contributed by atoms with E-state index in [1.165, 1.54) is 0 Å². The first-order valence-electron chi connectivity index (χ1n) is 15.7. The fourth-order valence-corrected chi connectivity index (χ4v) is 8.43. The highest BCUT2D eigenvalue weighted by Crippen LogP contribution is 2.46. The number of nitrogens with one attached hydrogen (secondary N) is 1. The van der Waals surface area contributed by atoms with Crippen LogP contribution < -0.4 is 25.4 Å². The van der Waals surface area contributed by atoms with E-state index >= 15 is 8.78 Å². The molecule has 6 atom stereocenters. The molecule has 3 aromatic rings. The molecular formula is C31H33F6N7O2. The largest absolute Gasteiger partial charge is 0.472 e. The molecule has 46 heavy (non-hydrogen) atoms. The summed E-state index contributed by atoms with van der Waals surface area (Å²) >= 11 is 0. The monoisotopic (exact) mass is 649 g/mol. The predicted molar refractivity (Wildman–Crippen MR) is 156 cm³/mol. The van der Waals surface area contributed by atoms with Crippen LogP contribution >= 0.6 is 0 Å². The Morgan fingerprint density at radius 3 is 2.76 bits per heavy atom. The van der Waals surface area contributed by atoms with Gasteiger partial charge in [-0.1, -0.05) is 0 Å². The molecule has 7 heterocycles. The van der Waals surface area contributed by atoms with Gasteiger partial charge < -0.3 is 25.4 Å². The summed E-state index contributed by atoms with van der Waals surface area (Å²) in [4.78, 5) is 17.7. The lowest BCUT2D eigenvalue weighted by Crippen LogP contribution is -2.62. The lowest BCUT2D eigenvalue weighted by Gasteiger charge is -2.42. The van der Waals surface area contributed by atoms with Crippen molar-refractivity contribution < 1.29 is 35.8 Å². The van der Waals surface area contributed by atoms with Crippen LogP contribution in [0.1, 0.15) is 44.6 Å². The second-order valence-corrected chi connectivity index (χ2v) is 13.2. The molecule has 246 valence electrons. The van der Waals surface area contributed by atoms with E-state index in [-0.39, 0.29) is 47.5 Å². The fraction of sp³-hybridized carbons (Fsp3) is 0.581. The number of aromatic nitrogens is 3. The molecule has 0 aliphatic carbocycles. The van der Waals surface area contributed by atoms with Gasteiger partial charge in [0.1, 0.15) is 41.3 Å². The summed E-state index contributed by atoms with van der Waals surface area (Å²) in [5.74, 6) is -3.92. The van der Waals surface area contributed by atoms with Gasteiger partial charge in [0.05, 0.1) is 17.3 Å². The summed E-state index contributed by atoms with van der Waals surface area (Å²) in [6.45, 7) is 3.55. The average molecular weight is 650 g/mol. The van der Waals surface area contributed by atoms with Gasteiger partial charge in [0, 0.05) is 49.1 Å². The van der Waals surface area contributed by atoms with Gasteiger partial charge in [-0.2, -0.15) is 9.97 Å². The number of rotatable bonds is 6. The quantitative estimate of drug-likeness (QED) is 0.295. The van der Waals surface area contributed by atoms with E-state index in [2.05, 4.69) is 25.1 Å². The standard InChI is InChI=1S/C31H33F6N7O2/c1-13-27-19-4-3-15(39-19)11-44(27)28-21-26(41-30(42-28)45-12-31-5-2-6-43(31)10-14(32)9-31)24(37)25(40-29(21)46-13)17-7-18(38)23(36)22(35)16(17)8-20(33)34/h7,13-15,19-20,27,39H,2-6,8-12,38H2,1H3/t13-,14+,15+,19-,27+,31-/m0/s1. The molecule has 5 aliphatic heterocycles. The zero-order valence-electron chi connectivity index (χ0n) is 25.0. The summed E-state index contributed by atoms with van der Waals surface area (Å²) in [5.41, 5.74) is 2.42. The molecule has 2 bridgehead atoms. The maximum absolute atomic E-state index is 16.8. The number of anilines is 2. The minimum absolute atomic E-state index is 0.0383. The Morgan fingerprint density at radius 2 is 1.96 bits per heavy atom. The Morgan fingerprint density at radius 1 is 1.13 bits per heavy atom. The zero-order chi connectivity index (χ0) is 32.1. The van der Waals surface area contributed by atoms with Gasteiger partial charge in [-0.05, 0) is 45.2 Å². The van der Waals surface area contributed by atoms with Crippen molar-refractivity contribution in [2.75, 3.05) is 36.9 Å². The average Bonchev–Trinajstić information content (AvgIpc) is 3.65. The Hall–Kier alpha value is -3.59. The SMILES string of the molecule is C[C@@H]1Oc2nc(-c3cc(N)c(F)c(F)c3CC(F)F)c(F)c3nc(OC[C@@]45CCCN4C[C@H](F)C5)nc(c23)N2C[C@H]3CC[C@H](N3)[C@@H]12. The number of hydrogen-bond acceptors (Lipinski definition) is 9. The van der Waals surface area contributed by atoms with Crippen molar-refractivity contribution in [2.45, 2.75) is 87.8 Å². The fourth-order valence-electron chi connectivity index (χ4n) is 8.43. The number of pyridine rings is 1. The van der Waals surface area contributed by atoms with E-state index in [0.717, 1.165) is 38.3 Å². The molecule has 1 aromatic carbocycles. The minimum atomic E-state index is -3.07. The third kappa shape index (κ3) is 4.55. The van der Waals surface area contributed by atoms with Gasteiger partial charge in [0.25, 0.3) is 0 Å². The van der Waals surface area contributed by atoms with E-state index < -0.39 is 70.6 Å². The van der Waals surface area contributed by atoms with Crippen LogP contribution in [-0.2, 0) is 6.42 Å². The van der Waals surface area contributed by atoms with Gasteiger partial charge in [-0.25, -0.2) is 31.3 Å². The predicted octanol–water partition coefficient (Wildman–Crippen LogP) is 4.54. The second-order valence-electron chi connectivity index (χ2n) is 13.2. The van der Waals surface area contributed by atoms with Crippen LogP contribution in [0.2, 0.25) is 0 Å². The number of nitrogens with zero attached hydrogens (tertiary/aromatic N) is 5. The molecule has 0 saturated carbocycles. The molecule has 0 unspecified atom stereocenters. The van der Waals surface area contributed by atoms with E-state index in [9.17, 15) is 17.6 Å². The highest BCUT2D eigenvalue weighted by Gasteiger charge is 2.50. The smallest absolute Gasteiger partial charge is 0.319 e. The van der Waals surface area contributed by atoms with Crippen LogP contribution in [0.15, 0.2) is 6.07 Å². The van der Waals surface area contributed by atoms with Crippen molar-refractivity contribution >= 4 is 22.4 Å². The van der Waals surface area contributed by atoms with Gasteiger partial charge in [0.15, 0.2) is 17.5 Å². The number of nitrogen functional groups attached to an aromatic ring is 1. The van der Waals surface area contributed by atoms with Crippen LogP contribution in [-0.4, -0.2) is 88.5 Å². The van der Waals surface area contributed by atoms with Gasteiger partial charge in [-0.3, -0.25) is 4.90 Å². The topological polar surface area (TPSA) is 102 Å². The van der Waals surface area contributed by atoms with Crippen LogP contribution in [0, 0.1) is 17.5 Å². The maximum Gasteiger partial charge on any atom is 0.319 e. The summed E-state index contributed by atoms with van der Waals surface area (Å²) in [5, 5.41) is 3.76. The molecule has 4 fully saturated rings. The summed E-state index contributed by atoms with van der Waals surface area (Å²) in [7, 11) is 0. The van der Waals surface area contributed by atoms with E-state index in [1.54, 1.807) is 0 Å². The molecule has 9 nitrogen and oxygen atoms in total. The number of alkyl halides is 3. The highest BCUT2D eigenvalue weighted by molar-refractivity contribution is 5.97. The van der Waals surface area contributed by atoms with Crippen molar-refractivity contribution in [1.29, 1.82) is 0 Å². The summed E-state index contributed by atoms with van der Waals surface area (Å²) in [6.07, 6.45) is -2.00. The molecular weight excluding hydrogens is 616 g/mol. The van der Waals surface area contributed by atoms with Gasteiger partial charge in [-0.15, -0.1) is 0 Å². The third-order valence-corrected chi connectivity index (χ3v) is 10.4. The molecule has 3 N–H and O–H groups in total. The van der Waals surface area contributed by atoms with Crippen LogP contribution in [0.4, 0.5) is 37.8 Å². The molecule has 5 aliphatic rings. The normalized spacial score (nSPS) is 30.1. The third-order valence-electron chi connectivity index (χ3n) is 10.4. The second kappa shape index (κ2) is 10.7. The number of fused-ring (bicyclic) bond motifs is 6. The number of nitrogens with two attached hydrogens (primary N) is 1. The van der Waals surface area contributed by atoms with Crippen molar-refractivity contribution in [2.24, 2.45) is 0 Å². The van der Waals surface area contributed by atoms with Crippen LogP contribution in [0.25, 0.3) is 22.2 Å². The number of hydrogen-bond donors (Lipinski definition) is 2. The lowest BCUT2D eigenvalue weighted by molar-refractivity contribution is 0.107. The first kappa shape index (κ1) is 29.8. The van der Waals surface area contributed by atoms with Crippen LogP contribution in [0.3, 0.4) is 0 Å². The van der Waals surface area contributed by atoms with E-state index in [4.69, 9.17) is 20.2 Å². The molecule has 4 saturated heterocycles. The van der Waals surface area contributed by atoms with Crippen LogP contribution in [0.5, 0.6) is 11.9 Å². The van der Waals surface area contributed by atoms with E-state index in [1.807, 2.05) is 6.92 Å². The number of halogens is 6. The minimum Gasteiger partial charge on any atom is -0.472 e. The molecule has 0 amide bonds. The molecule has 0 radical (unpaired) electrons.